The first-order valence-electron chi connectivity index (χ1n) is 6.14. The Hall–Kier alpha value is -1.75. The summed E-state index contributed by atoms with van der Waals surface area (Å²) in [4.78, 5) is 13.8. The van der Waals surface area contributed by atoms with Gasteiger partial charge in [0.2, 0.25) is 0 Å². The number of nitrogens with zero attached hydrogens (tertiary/aromatic N) is 1. The maximum Gasteiger partial charge on any atom is 0.321 e. The van der Waals surface area contributed by atoms with Gasteiger partial charge in [0.15, 0.2) is 0 Å². The van der Waals surface area contributed by atoms with Crippen LogP contribution in [0.15, 0.2) is 24.3 Å². The number of nitrogens with two attached hydrogens (primary N) is 1. The second kappa shape index (κ2) is 5.73. The Labute approximate surface area is 107 Å². The monoisotopic (exact) mass is 249 g/mol. The lowest BCUT2D eigenvalue weighted by molar-refractivity contribution is 0.195. The van der Waals surface area contributed by atoms with Gasteiger partial charge in [-0.3, -0.25) is 0 Å². The van der Waals surface area contributed by atoms with E-state index in [1.54, 1.807) is 12.0 Å². The van der Waals surface area contributed by atoms with Crippen LogP contribution in [0.5, 0.6) is 5.75 Å². The zero-order valence-electron chi connectivity index (χ0n) is 10.6. The molecule has 2 amide bonds. The van der Waals surface area contributed by atoms with Crippen molar-refractivity contribution in [2.45, 2.75) is 18.9 Å². The van der Waals surface area contributed by atoms with Crippen LogP contribution >= 0.6 is 0 Å². The fourth-order valence-electron chi connectivity index (χ4n) is 1.98. The molecule has 5 heteroatoms. The van der Waals surface area contributed by atoms with E-state index in [1.165, 1.54) is 0 Å². The average molecular weight is 249 g/mol. The van der Waals surface area contributed by atoms with Gasteiger partial charge >= 0.3 is 6.03 Å². The molecule has 0 bridgehead atoms. The van der Waals surface area contributed by atoms with E-state index in [4.69, 9.17) is 10.5 Å². The molecular formula is C13H19N3O2. The minimum atomic E-state index is -0.0629. The van der Waals surface area contributed by atoms with Crippen LogP contribution in [0, 0.1) is 0 Å². The van der Waals surface area contributed by atoms with E-state index in [1.807, 2.05) is 24.3 Å². The Bertz CT molecular complexity index is 397. The van der Waals surface area contributed by atoms with E-state index in [9.17, 15) is 4.79 Å². The molecule has 1 aliphatic heterocycles. The fraction of sp³-hybridized carbons (Fsp3) is 0.462. The zero-order valence-corrected chi connectivity index (χ0v) is 10.6. The number of ether oxygens (including phenoxy) is 1. The van der Waals surface area contributed by atoms with Crippen molar-refractivity contribution in [3.63, 3.8) is 0 Å². The van der Waals surface area contributed by atoms with Crippen LogP contribution in [0.1, 0.15) is 12.8 Å². The number of amides is 2. The Morgan fingerprint density at radius 3 is 2.50 bits per heavy atom. The Kier molecular flexibility index (Phi) is 4.04. The second-order valence-corrected chi connectivity index (χ2v) is 4.48. The molecule has 0 saturated carbocycles. The van der Waals surface area contributed by atoms with Crippen molar-refractivity contribution in [1.82, 2.24) is 4.90 Å². The number of methoxy groups -OCH3 is 1. The third-order valence-electron chi connectivity index (χ3n) is 3.17. The van der Waals surface area contributed by atoms with E-state index in [-0.39, 0.29) is 12.1 Å². The van der Waals surface area contributed by atoms with Gasteiger partial charge in [0, 0.05) is 24.8 Å². The molecule has 1 aromatic carbocycles. The van der Waals surface area contributed by atoms with E-state index in [0.29, 0.717) is 0 Å². The van der Waals surface area contributed by atoms with Crippen LogP contribution in [-0.4, -0.2) is 37.2 Å². The molecule has 98 valence electrons. The molecule has 0 aliphatic carbocycles. The number of likely N-dealkylation sites (tertiary alicyclic amines) is 1. The second-order valence-electron chi connectivity index (χ2n) is 4.48. The van der Waals surface area contributed by atoms with Crippen molar-refractivity contribution in [1.29, 1.82) is 0 Å². The van der Waals surface area contributed by atoms with Gasteiger partial charge in [-0.2, -0.15) is 0 Å². The average Bonchev–Trinajstić information content (AvgIpc) is 2.40. The predicted octanol–water partition coefficient (Wildman–Crippen LogP) is 1.65. The highest BCUT2D eigenvalue weighted by molar-refractivity contribution is 5.89. The topological polar surface area (TPSA) is 67.6 Å². The standard InChI is InChI=1S/C13H19N3O2/c1-18-12-4-2-11(3-5-12)15-13(17)16-8-6-10(14)7-9-16/h2-5,10H,6-9,14H2,1H3,(H,15,17). The summed E-state index contributed by atoms with van der Waals surface area (Å²) >= 11 is 0. The molecule has 1 aromatic rings. The first-order valence-corrected chi connectivity index (χ1v) is 6.14. The third-order valence-corrected chi connectivity index (χ3v) is 3.17. The van der Waals surface area contributed by atoms with Crippen molar-refractivity contribution in [3.05, 3.63) is 24.3 Å². The molecule has 0 unspecified atom stereocenters. The van der Waals surface area contributed by atoms with Crippen molar-refractivity contribution in [2.24, 2.45) is 5.73 Å². The first kappa shape index (κ1) is 12.7. The van der Waals surface area contributed by atoms with Crippen LogP contribution < -0.4 is 15.8 Å². The van der Waals surface area contributed by atoms with Gasteiger partial charge in [-0.05, 0) is 37.1 Å². The lowest BCUT2D eigenvalue weighted by Gasteiger charge is -2.30. The highest BCUT2D eigenvalue weighted by Crippen LogP contribution is 2.16. The Balaban J connectivity index is 1.90. The van der Waals surface area contributed by atoms with Gasteiger partial charge in [0.25, 0.3) is 0 Å². The highest BCUT2D eigenvalue weighted by Gasteiger charge is 2.20. The zero-order chi connectivity index (χ0) is 13.0. The number of benzene rings is 1. The normalized spacial score (nSPS) is 16.4. The first-order chi connectivity index (χ1) is 8.69. The van der Waals surface area contributed by atoms with Gasteiger partial charge in [-0.15, -0.1) is 0 Å². The molecule has 0 radical (unpaired) electrons. The molecule has 2 rings (SSSR count). The van der Waals surface area contributed by atoms with Crippen LogP contribution in [0.3, 0.4) is 0 Å². The smallest absolute Gasteiger partial charge is 0.321 e. The van der Waals surface area contributed by atoms with Crippen LogP contribution in [0.25, 0.3) is 0 Å². The molecule has 0 aromatic heterocycles. The number of piperidine rings is 1. The van der Waals surface area contributed by atoms with Gasteiger partial charge in [0.05, 0.1) is 7.11 Å². The SMILES string of the molecule is COc1ccc(NC(=O)N2CCC(N)CC2)cc1. The minimum Gasteiger partial charge on any atom is -0.497 e. The molecule has 3 N–H and O–H groups in total. The lowest BCUT2D eigenvalue weighted by atomic mass is 10.1. The van der Waals surface area contributed by atoms with E-state index in [2.05, 4.69) is 5.32 Å². The number of rotatable bonds is 2. The van der Waals surface area contributed by atoms with Gasteiger partial charge in [-0.1, -0.05) is 0 Å². The predicted molar refractivity (Wildman–Crippen MR) is 70.8 cm³/mol. The van der Waals surface area contributed by atoms with Crippen LogP contribution in [0.2, 0.25) is 0 Å². The molecule has 1 aliphatic rings. The largest absolute Gasteiger partial charge is 0.497 e. The molecular weight excluding hydrogens is 230 g/mol. The van der Waals surface area contributed by atoms with Crippen molar-refractivity contribution in [2.75, 3.05) is 25.5 Å². The molecule has 5 nitrogen and oxygen atoms in total. The minimum absolute atomic E-state index is 0.0629. The van der Waals surface area contributed by atoms with E-state index >= 15 is 0 Å². The Morgan fingerprint density at radius 1 is 1.33 bits per heavy atom. The summed E-state index contributed by atoms with van der Waals surface area (Å²) in [6.07, 6.45) is 1.74. The van der Waals surface area contributed by atoms with Gasteiger partial charge in [-0.25, -0.2) is 4.79 Å². The number of carbonyl (C=O) groups excluding carboxylic acids is 1. The Morgan fingerprint density at radius 2 is 1.94 bits per heavy atom. The summed E-state index contributed by atoms with van der Waals surface area (Å²) in [6, 6.07) is 7.46. The van der Waals surface area contributed by atoms with Crippen molar-refractivity contribution >= 4 is 11.7 Å². The summed E-state index contributed by atoms with van der Waals surface area (Å²) in [7, 11) is 1.62. The van der Waals surface area contributed by atoms with E-state index in [0.717, 1.165) is 37.4 Å². The number of urea groups is 1. The molecule has 1 heterocycles. The number of anilines is 1. The maximum atomic E-state index is 12.0. The quantitative estimate of drug-likeness (QED) is 0.837. The summed E-state index contributed by atoms with van der Waals surface area (Å²) in [5.74, 6) is 0.775. The summed E-state index contributed by atoms with van der Waals surface area (Å²) in [6.45, 7) is 1.45. The number of hydrogen-bond acceptors (Lipinski definition) is 3. The molecule has 0 atom stereocenters. The maximum absolute atomic E-state index is 12.0. The summed E-state index contributed by atoms with van der Waals surface area (Å²) in [5, 5.41) is 2.87. The summed E-state index contributed by atoms with van der Waals surface area (Å²) < 4.78 is 5.07. The fourth-order valence-corrected chi connectivity index (χ4v) is 1.98. The van der Waals surface area contributed by atoms with Gasteiger partial charge in [0.1, 0.15) is 5.75 Å². The number of hydrogen-bond donors (Lipinski definition) is 2. The molecule has 18 heavy (non-hydrogen) atoms. The molecule has 1 fully saturated rings. The van der Waals surface area contributed by atoms with E-state index < -0.39 is 0 Å². The number of nitrogens with one attached hydrogen (secondary N) is 1. The third kappa shape index (κ3) is 3.13. The van der Waals surface area contributed by atoms with Crippen molar-refractivity contribution in [3.8, 4) is 5.75 Å². The van der Waals surface area contributed by atoms with Crippen LogP contribution in [-0.2, 0) is 0 Å². The van der Waals surface area contributed by atoms with Gasteiger partial charge < -0.3 is 20.7 Å². The molecule has 0 spiro atoms. The van der Waals surface area contributed by atoms with Crippen LogP contribution in [0.4, 0.5) is 10.5 Å². The summed E-state index contributed by atoms with van der Waals surface area (Å²) in [5.41, 5.74) is 6.58. The number of carbonyl (C=O) groups is 1. The lowest BCUT2D eigenvalue weighted by Crippen LogP contribution is -2.44. The highest BCUT2D eigenvalue weighted by atomic mass is 16.5. The van der Waals surface area contributed by atoms with Crippen molar-refractivity contribution < 1.29 is 9.53 Å². The molecule has 1 saturated heterocycles.